The van der Waals surface area contributed by atoms with Gasteiger partial charge in [-0.05, 0) is 50.3 Å². The molecule has 2 heterocycles. The molecule has 2 saturated heterocycles. The normalized spacial score (nSPS) is 24.6. The standard InChI is InChI=1S/C21H31N3O4/c1-21(19(25)22-13-16-6-3-7-17(12-16)27-2)9-5-10-24(15-21)20(26)23-14-18-8-4-11-28-18/h3,6-7,12,18H,4-5,8-11,13-15H2,1-2H3,(H,22,25)(H,23,26). The number of nitrogens with one attached hydrogen (secondary N) is 2. The Bertz CT molecular complexity index is 690. The second kappa shape index (κ2) is 9.28. The fourth-order valence-corrected chi connectivity index (χ4v) is 3.89. The summed E-state index contributed by atoms with van der Waals surface area (Å²) in [6.45, 7) is 4.79. The number of urea groups is 1. The Morgan fingerprint density at radius 2 is 2.18 bits per heavy atom. The third-order valence-corrected chi connectivity index (χ3v) is 5.62. The highest BCUT2D eigenvalue weighted by Crippen LogP contribution is 2.30. The van der Waals surface area contributed by atoms with Gasteiger partial charge in [-0.1, -0.05) is 12.1 Å². The molecule has 2 aliphatic rings. The second-order valence-electron chi connectivity index (χ2n) is 7.94. The molecule has 0 aromatic heterocycles. The minimum absolute atomic E-state index is 0.0213. The van der Waals surface area contributed by atoms with E-state index in [9.17, 15) is 9.59 Å². The molecule has 0 radical (unpaired) electrons. The Morgan fingerprint density at radius 3 is 2.93 bits per heavy atom. The Balaban J connectivity index is 1.51. The first-order valence-corrected chi connectivity index (χ1v) is 10.1. The van der Waals surface area contributed by atoms with Crippen LogP contribution in [0.2, 0.25) is 0 Å². The van der Waals surface area contributed by atoms with Crippen LogP contribution >= 0.6 is 0 Å². The molecular weight excluding hydrogens is 358 g/mol. The topological polar surface area (TPSA) is 79.9 Å². The van der Waals surface area contributed by atoms with Crippen LogP contribution in [0.4, 0.5) is 4.79 Å². The lowest BCUT2D eigenvalue weighted by molar-refractivity contribution is -0.132. The van der Waals surface area contributed by atoms with Gasteiger partial charge in [0.2, 0.25) is 5.91 Å². The first-order valence-electron chi connectivity index (χ1n) is 10.1. The number of carbonyl (C=O) groups excluding carboxylic acids is 2. The lowest BCUT2D eigenvalue weighted by Gasteiger charge is -2.39. The zero-order valence-corrected chi connectivity index (χ0v) is 16.8. The molecule has 3 rings (SSSR count). The number of methoxy groups -OCH3 is 1. The number of carbonyl (C=O) groups is 2. The van der Waals surface area contributed by atoms with Gasteiger partial charge in [-0.15, -0.1) is 0 Å². The molecule has 2 aliphatic heterocycles. The Hall–Kier alpha value is -2.28. The van der Waals surface area contributed by atoms with Gasteiger partial charge >= 0.3 is 6.03 Å². The quantitative estimate of drug-likeness (QED) is 0.782. The Kier molecular flexibility index (Phi) is 6.78. The van der Waals surface area contributed by atoms with E-state index in [0.717, 1.165) is 43.6 Å². The average Bonchev–Trinajstić information content (AvgIpc) is 3.24. The second-order valence-corrected chi connectivity index (χ2v) is 7.94. The minimum atomic E-state index is -0.585. The molecule has 0 aliphatic carbocycles. The number of benzene rings is 1. The van der Waals surface area contributed by atoms with Gasteiger partial charge in [-0.2, -0.15) is 0 Å². The van der Waals surface area contributed by atoms with Crippen molar-refractivity contribution in [2.45, 2.75) is 45.3 Å². The summed E-state index contributed by atoms with van der Waals surface area (Å²) in [5.74, 6) is 0.747. The number of hydrogen-bond acceptors (Lipinski definition) is 4. The zero-order valence-electron chi connectivity index (χ0n) is 16.8. The highest BCUT2D eigenvalue weighted by atomic mass is 16.5. The molecule has 0 saturated carbocycles. The maximum absolute atomic E-state index is 12.9. The van der Waals surface area contributed by atoms with Crippen LogP contribution in [0.3, 0.4) is 0 Å². The number of amides is 3. The third kappa shape index (κ3) is 5.16. The SMILES string of the molecule is COc1cccc(CNC(=O)C2(C)CCCN(C(=O)NCC3CCCO3)C2)c1. The van der Waals surface area contributed by atoms with Crippen molar-refractivity contribution in [3.63, 3.8) is 0 Å². The first kappa shape index (κ1) is 20.5. The average molecular weight is 389 g/mol. The molecule has 2 atom stereocenters. The van der Waals surface area contributed by atoms with E-state index in [4.69, 9.17) is 9.47 Å². The molecule has 1 aromatic rings. The first-order chi connectivity index (χ1) is 13.5. The summed E-state index contributed by atoms with van der Waals surface area (Å²) in [6.07, 6.45) is 3.75. The molecule has 1 aromatic carbocycles. The van der Waals surface area contributed by atoms with Crippen LogP contribution in [-0.4, -0.2) is 56.3 Å². The summed E-state index contributed by atoms with van der Waals surface area (Å²) in [6, 6.07) is 7.54. The summed E-state index contributed by atoms with van der Waals surface area (Å²) >= 11 is 0. The van der Waals surface area contributed by atoms with Crippen molar-refractivity contribution in [1.29, 1.82) is 0 Å². The van der Waals surface area contributed by atoms with Crippen LogP contribution < -0.4 is 15.4 Å². The van der Waals surface area contributed by atoms with Crippen molar-refractivity contribution < 1.29 is 19.1 Å². The van der Waals surface area contributed by atoms with Crippen LogP contribution in [-0.2, 0) is 16.1 Å². The van der Waals surface area contributed by atoms with E-state index in [1.54, 1.807) is 12.0 Å². The molecule has 2 unspecified atom stereocenters. The molecule has 7 nitrogen and oxygen atoms in total. The fraction of sp³-hybridized carbons (Fsp3) is 0.619. The van der Waals surface area contributed by atoms with Gasteiger partial charge in [0.05, 0.1) is 18.6 Å². The van der Waals surface area contributed by atoms with E-state index in [0.29, 0.717) is 26.2 Å². The van der Waals surface area contributed by atoms with Crippen molar-refractivity contribution in [2.75, 3.05) is 33.4 Å². The maximum Gasteiger partial charge on any atom is 0.317 e. The van der Waals surface area contributed by atoms with Crippen molar-refractivity contribution in [1.82, 2.24) is 15.5 Å². The lowest BCUT2D eigenvalue weighted by Crippen LogP contribution is -2.54. The van der Waals surface area contributed by atoms with Crippen LogP contribution in [0, 0.1) is 5.41 Å². The number of nitrogens with zero attached hydrogens (tertiary/aromatic N) is 1. The number of likely N-dealkylation sites (tertiary alicyclic amines) is 1. The fourth-order valence-electron chi connectivity index (χ4n) is 3.89. The molecule has 28 heavy (non-hydrogen) atoms. The Labute approximate surface area is 166 Å². The molecule has 2 fully saturated rings. The predicted molar refractivity (Wildman–Crippen MR) is 106 cm³/mol. The predicted octanol–water partition coefficient (Wildman–Crippen LogP) is 2.30. The number of rotatable bonds is 6. The highest BCUT2D eigenvalue weighted by molar-refractivity contribution is 5.84. The smallest absolute Gasteiger partial charge is 0.317 e. The van der Waals surface area contributed by atoms with Gasteiger partial charge in [0.15, 0.2) is 0 Å². The molecule has 2 N–H and O–H groups in total. The van der Waals surface area contributed by atoms with Gasteiger partial charge in [0, 0.05) is 32.8 Å². The van der Waals surface area contributed by atoms with E-state index in [2.05, 4.69) is 10.6 Å². The van der Waals surface area contributed by atoms with Gasteiger partial charge < -0.3 is 25.0 Å². The number of hydrogen-bond donors (Lipinski definition) is 2. The summed E-state index contributed by atoms with van der Waals surface area (Å²) in [5.41, 5.74) is 0.400. The van der Waals surface area contributed by atoms with E-state index in [1.165, 1.54) is 0 Å². The van der Waals surface area contributed by atoms with E-state index in [1.807, 2.05) is 31.2 Å². The van der Waals surface area contributed by atoms with Crippen molar-refractivity contribution in [3.8, 4) is 5.75 Å². The molecular formula is C21H31N3O4. The molecule has 0 spiro atoms. The summed E-state index contributed by atoms with van der Waals surface area (Å²) in [7, 11) is 1.62. The summed E-state index contributed by atoms with van der Waals surface area (Å²) in [4.78, 5) is 27.1. The van der Waals surface area contributed by atoms with Crippen molar-refractivity contribution >= 4 is 11.9 Å². The summed E-state index contributed by atoms with van der Waals surface area (Å²) in [5, 5.41) is 5.98. The van der Waals surface area contributed by atoms with E-state index < -0.39 is 5.41 Å². The maximum atomic E-state index is 12.9. The van der Waals surface area contributed by atoms with Gasteiger partial charge in [-0.3, -0.25) is 4.79 Å². The van der Waals surface area contributed by atoms with Crippen LogP contribution in [0.1, 0.15) is 38.2 Å². The number of piperidine rings is 1. The molecule has 0 bridgehead atoms. The number of ether oxygens (including phenoxy) is 2. The largest absolute Gasteiger partial charge is 0.497 e. The van der Waals surface area contributed by atoms with Gasteiger partial charge in [0.1, 0.15) is 5.75 Å². The monoisotopic (exact) mass is 389 g/mol. The van der Waals surface area contributed by atoms with Gasteiger partial charge in [-0.25, -0.2) is 4.79 Å². The highest BCUT2D eigenvalue weighted by Gasteiger charge is 2.39. The molecule has 3 amide bonds. The van der Waals surface area contributed by atoms with Crippen LogP contribution in [0.15, 0.2) is 24.3 Å². The zero-order chi connectivity index (χ0) is 20.0. The van der Waals surface area contributed by atoms with Crippen molar-refractivity contribution in [2.24, 2.45) is 5.41 Å². The van der Waals surface area contributed by atoms with E-state index >= 15 is 0 Å². The third-order valence-electron chi connectivity index (χ3n) is 5.62. The Morgan fingerprint density at radius 1 is 1.32 bits per heavy atom. The summed E-state index contributed by atoms with van der Waals surface area (Å²) < 4.78 is 10.8. The van der Waals surface area contributed by atoms with Crippen LogP contribution in [0.25, 0.3) is 0 Å². The molecule has 154 valence electrons. The molecule has 7 heteroatoms. The minimum Gasteiger partial charge on any atom is -0.497 e. The lowest BCUT2D eigenvalue weighted by atomic mass is 9.81. The van der Waals surface area contributed by atoms with Crippen LogP contribution in [0.5, 0.6) is 5.75 Å². The van der Waals surface area contributed by atoms with Gasteiger partial charge in [0.25, 0.3) is 0 Å². The van der Waals surface area contributed by atoms with E-state index in [-0.39, 0.29) is 18.0 Å². The van der Waals surface area contributed by atoms with Crippen molar-refractivity contribution in [3.05, 3.63) is 29.8 Å².